The van der Waals surface area contributed by atoms with Crippen LogP contribution < -0.4 is 20.1 Å². The van der Waals surface area contributed by atoms with Gasteiger partial charge in [-0.2, -0.15) is 0 Å². The number of aliphatic imine (C=N–C) groups is 1. The molecule has 0 saturated carbocycles. The molecule has 0 spiro atoms. The smallest absolute Gasteiger partial charge is 0.191 e. The van der Waals surface area contributed by atoms with Gasteiger partial charge in [0.15, 0.2) is 5.96 Å². The number of nitrogens with zero attached hydrogens (tertiary/aromatic N) is 1. The molecular formula is C24H34IN3O3. The Morgan fingerprint density at radius 3 is 2.71 bits per heavy atom. The molecule has 2 unspecified atom stereocenters. The van der Waals surface area contributed by atoms with Crippen molar-refractivity contribution < 1.29 is 14.2 Å². The van der Waals surface area contributed by atoms with E-state index in [2.05, 4.69) is 53.7 Å². The maximum Gasteiger partial charge on any atom is 0.191 e. The fourth-order valence-corrected chi connectivity index (χ4v) is 3.54. The number of halogens is 1. The molecule has 0 aromatic heterocycles. The quantitative estimate of drug-likeness (QED) is 0.298. The van der Waals surface area contributed by atoms with Crippen LogP contribution in [-0.2, 0) is 11.3 Å². The van der Waals surface area contributed by atoms with Crippen LogP contribution >= 0.6 is 24.0 Å². The van der Waals surface area contributed by atoms with Gasteiger partial charge in [-0.1, -0.05) is 37.3 Å². The Kier molecular flexibility index (Phi) is 10.4. The molecule has 3 rings (SSSR count). The molecule has 2 N–H and O–H groups in total. The van der Waals surface area contributed by atoms with Crippen LogP contribution in [0.3, 0.4) is 0 Å². The van der Waals surface area contributed by atoms with Crippen LogP contribution in [0.5, 0.6) is 11.5 Å². The van der Waals surface area contributed by atoms with E-state index < -0.39 is 0 Å². The largest absolute Gasteiger partial charge is 0.496 e. The molecule has 1 aliphatic rings. The summed E-state index contributed by atoms with van der Waals surface area (Å²) in [5.41, 5.74) is 3.46. The van der Waals surface area contributed by atoms with Crippen molar-refractivity contribution in [3.8, 4) is 11.5 Å². The van der Waals surface area contributed by atoms with Crippen molar-refractivity contribution in [3.05, 3.63) is 59.2 Å². The van der Waals surface area contributed by atoms with Crippen LogP contribution in [0.4, 0.5) is 0 Å². The van der Waals surface area contributed by atoms with Crippen LogP contribution in [0.2, 0.25) is 0 Å². The van der Waals surface area contributed by atoms with Crippen LogP contribution in [-0.4, -0.2) is 46.0 Å². The van der Waals surface area contributed by atoms with Gasteiger partial charge in [0, 0.05) is 38.0 Å². The van der Waals surface area contributed by atoms with Gasteiger partial charge in [-0.05, 0) is 30.2 Å². The van der Waals surface area contributed by atoms with Gasteiger partial charge in [0.05, 0.1) is 20.3 Å². The lowest BCUT2D eigenvalue weighted by molar-refractivity contribution is 0.140. The summed E-state index contributed by atoms with van der Waals surface area (Å²) in [4.78, 5) is 4.36. The summed E-state index contributed by atoms with van der Waals surface area (Å²) >= 11 is 0. The van der Waals surface area contributed by atoms with E-state index in [1.165, 1.54) is 11.1 Å². The second-order valence-electron chi connectivity index (χ2n) is 7.66. The third-order valence-corrected chi connectivity index (χ3v) is 5.32. The highest BCUT2D eigenvalue weighted by molar-refractivity contribution is 14.0. The molecular weight excluding hydrogens is 505 g/mol. The second-order valence-corrected chi connectivity index (χ2v) is 7.66. The molecule has 6 nitrogen and oxygen atoms in total. The van der Waals surface area contributed by atoms with Gasteiger partial charge >= 0.3 is 0 Å². The van der Waals surface area contributed by atoms with E-state index >= 15 is 0 Å². The Morgan fingerprint density at radius 2 is 2.00 bits per heavy atom. The van der Waals surface area contributed by atoms with Crippen molar-refractivity contribution in [2.75, 3.05) is 33.9 Å². The van der Waals surface area contributed by atoms with E-state index in [1.54, 1.807) is 14.2 Å². The normalized spacial score (nSPS) is 16.9. The minimum atomic E-state index is 0. The standard InChI is InChI=1S/C24H33N3O3.HI/c1-17-9-10-19(23(13-17)30-20-11-12-29-16-20)15-27-24(25-3)26-14-18(2)21-7-5-6-8-22(21)28-4;/h5-10,13,18,20H,11-12,14-16H2,1-4H3,(H2,25,26,27);1H. The molecule has 1 fully saturated rings. The molecule has 2 atom stereocenters. The van der Waals surface area contributed by atoms with Crippen LogP contribution in [0.15, 0.2) is 47.5 Å². The van der Waals surface area contributed by atoms with Gasteiger partial charge < -0.3 is 24.8 Å². The molecule has 170 valence electrons. The number of methoxy groups -OCH3 is 1. The Hall–Kier alpha value is -2.00. The molecule has 7 heteroatoms. The van der Waals surface area contributed by atoms with Crippen molar-refractivity contribution >= 4 is 29.9 Å². The molecule has 0 aliphatic carbocycles. The summed E-state index contributed by atoms with van der Waals surface area (Å²) in [6.45, 7) is 7.06. The molecule has 31 heavy (non-hydrogen) atoms. The highest BCUT2D eigenvalue weighted by atomic mass is 127. The Bertz CT molecular complexity index is 854. The third-order valence-electron chi connectivity index (χ3n) is 5.32. The first-order valence-electron chi connectivity index (χ1n) is 10.5. The van der Waals surface area contributed by atoms with Crippen molar-refractivity contribution in [1.82, 2.24) is 10.6 Å². The molecule has 1 heterocycles. The van der Waals surface area contributed by atoms with Crippen molar-refractivity contribution in [2.45, 2.75) is 38.8 Å². The molecule has 1 saturated heterocycles. The number of hydrogen-bond donors (Lipinski definition) is 2. The summed E-state index contributed by atoms with van der Waals surface area (Å²) < 4.78 is 17.1. The van der Waals surface area contributed by atoms with E-state index in [0.29, 0.717) is 13.2 Å². The SMILES string of the molecule is CN=C(NCc1ccc(C)cc1OC1CCOC1)NCC(C)c1ccccc1OC.I. The summed E-state index contributed by atoms with van der Waals surface area (Å²) in [5.74, 6) is 2.86. The van der Waals surface area contributed by atoms with Crippen LogP contribution in [0.25, 0.3) is 0 Å². The zero-order valence-corrected chi connectivity index (χ0v) is 21.1. The van der Waals surface area contributed by atoms with Gasteiger partial charge in [-0.15, -0.1) is 24.0 Å². The van der Waals surface area contributed by atoms with Gasteiger partial charge in [0.2, 0.25) is 0 Å². The summed E-state index contributed by atoms with van der Waals surface area (Å²) in [6, 6.07) is 14.4. The van der Waals surface area contributed by atoms with Gasteiger partial charge in [0.25, 0.3) is 0 Å². The first kappa shape index (κ1) is 25.3. The maximum absolute atomic E-state index is 6.20. The highest BCUT2D eigenvalue weighted by Crippen LogP contribution is 2.26. The maximum atomic E-state index is 6.20. The van der Waals surface area contributed by atoms with Gasteiger partial charge in [-0.3, -0.25) is 4.99 Å². The first-order chi connectivity index (χ1) is 14.6. The lowest BCUT2D eigenvalue weighted by atomic mass is 10.0. The molecule has 2 aromatic rings. The number of benzene rings is 2. The average molecular weight is 539 g/mol. The fraction of sp³-hybridized carbons (Fsp3) is 0.458. The molecule has 0 bridgehead atoms. The van der Waals surface area contributed by atoms with Gasteiger partial charge in [0.1, 0.15) is 17.6 Å². The van der Waals surface area contributed by atoms with E-state index in [4.69, 9.17) is 14.2 Å². The number of guanidine groups is 1. The summed E-state index contributed by atoms with van der Waals surface area (Å²) in [6.07, 6.45) is 1.06. The number of hydrogen-bond acceptors (Lipinski definition) is 4. The summed E-state index contributed by atoms with van der Waals surface area (Å²) in [5, 5.41) is 6.82. The Labute approximate surface area is 202 Å². The van der Waals surface area contributed by atoms with E-state index in [9.17, 15) is 0 Å². The molecule has 2 aromatic carbocycles. The summed E-state index contributed by atoms with van der Waals surface area (Å²) in [7, 11) is 3.49. The first-order valence-corrected chi connectivity index (χ1v) is 10.5. The number of rotatable bonds is 8. The van der Waals surface area contributed by atoms with Crippen molar-refractivity contribution in [3.63, 3.8) is 0 Å². The van der Waals surface area contributed by atoms with Gasteiger partial charge in [-0.25, -0.2) is 0 Å². The zero-order valence-electron chi connectivity index (χ0n) is 18.8. The minimum absolute atomic E-state index is 0. The Balaban J connectivity index is 0.00000341. The second kappa shape index (κ2) is 12.8. The van der Waals surface area contributed by atoms with E-state index in [1.807, 2.05) is 18.2 Å². The number of ether oxygens (including phenoxy) is 3. The third kappa shape index (κ3) is 7.28. The molecule has 0 radical (unpaired) electrons. The average Bonchev–Trinajstić information content (AvgIpc) is 3.28. The monoisotopic (exact) mass is 539 g/mol. The highest BCUT2D eigenvalue weighted by Gasteiger charge is 2.19. The fourth-order valence-electron chi connectivity index (χ4n) is 3.54. The minimum Gasteiger partial charge on any atom is -0.496 e. The van der Waals surface area contributed by atoms with Crippen LogP contribution in [0, 0.1) is 6.92 Å². The van der Waals surface area contributed by atoms with E-state index in [-0.39, 0.29) is 36.0 Å². The lowest BCUT2D eigenvalue weighted by Crippen LogP contribution is -2.38. The zero-order chi connectivity index (χ0) is 21.3. The number of aryl methyl sites for hydroxylation is 1. The van der Waals surface area contributed by atoms with Crippen molar-refractivity contribution in [1.29, 1.82) is 0 Å². The lowest BCUT2D eigenvalue weighted by Gasteiger charge is -2.20. The predicted octanol–water partition coefficient (Wildman–Crippen LogP) is 4.26. The molecule has 1 aliphatic heterocycles. The Morgan fingerprint density at radius 1 is 1.19 bits per heavy atom. The predicted molar refractivity (Wildman–Crippen MR) is 136 cm³/mol. The van der Waals surface area contributed by atoms with E-state index in [0.717, 1.165) is 42.6 Å². The molecule has 0 amide bonds. The van der Waals surface area contributed by atoms with Crippen LogP contribution in [0.1, 0.15) is 36.0 Å². The topological polar surface area (TPSA) is 64.1 Å². The number of nitrogens with one attached hydrogen (secondary N) is 2. The number of para-hydroxylation sites is 1. The van der Waals surface area contributed by atoms with Crippen molar-refractivity contribution in [2.24, 2.45) is 4.99 Å².